The minimum atomic E-state index is 0.484. The summed E-state index contributed by atoms with van der Waals surface area (Å²) in [7, 11) is 0. The topological polar surface area (TPSA) is 0 Å². The van der Waals surface area contributed by atoms with Crippen molar-refractivity contribution in [1.29, 1.82) is 0 Å². The van der Waals surface area contributed by atoms with Crippen LogP contribution in [0.4, 0.5) is 0 Å². The third kappa shape index (κ3) is 3.29. The molecule has 0 aliphatic rings. The van der Waals surface area contributed by atoms with E-state index in [-0.39, 0.29) is 0 Å². The third-order valence-electron chi connectivity index (χ3n) is 4.15. The van der Waals surface area contributed by atoms with Gasteiger partial charge in [0.1, 0.15) is 0 Å². The molecule has 14 heavy (non-hydrogen) atoms. The van der Waals surface area contributed by atoms with E-state index in [2.05, 4.69) is 55.4 Å². The van der Waals surface area contributed by atoms with Gasteiger partial charge in [0, 0.05) is 0 Å². The van der Waals surface area contributed by atoms with Gasteiger partial charge in [0.05, 0.1) is 0 Å². The van der Waals surface area contributed by atoms with Crippen LogP contribution in [-0.4, -0.2) is 0 Å². The zero-order valence-electron chi connectivity index (χ0n) is 11.5. The van der Waals surface area contributed by atoms with Crippen molar-refractivity contribution in [2.24, 2.45) is 29.1 Å². The first-order valence-corrected chi connectivity index (χ1v) is 6.24. The largest absolute Gasteiger partial charge is 0.0649 e. The average Bonchev–Trinajstić information content (AvgIpc) is 2.03. The minimum absolute atomic E-state index is 0.484. The highest BCUT2D eigenvalue weighted by Crippen LogP contribution is 2.42. The van der Waals surface area contributed by atoms with E-state index in [9.17, 15) is 0 Å². The van der Waals surface area contributed by atoms with Gasteiger partial charge < -0.3 is 0 Å². The molecule has 0 N–H and O–H groups in total. The van der Waals surface area contributed by atoms with Crippen molar-refractivity contribution in [2.75, 3.05) is 0 Å². The molecule has 0 radical (unpaired) electrons. The molecule has 0 aromatic heterocycles. The first kappa shape index (κ1) is 14.0. The molecular weight excluding hydrogens is 168 g/mol. The standard InChI is InChI=1S/C14H30/c1-9-14(7,8)13(11(4)5)12(6)10(2)3/h10-13H,9H2,1-8H3. The van der Waals surface area contributed by atoms with E-state index in [1.165, 1.54) is 6.42 Å². The SMILES string of the molecule is CCC(C)(C)C(C(C)C)C(C)C(C)C. The summed E-state index contributed by atoms with van der Waals surface area (Å²) in [4.78, 5) is 0. The fraction of sp³-hybridized carbons (Fsp3) is 1.00. The first-order chi connectivity index (χ1) is 6.24. The summed E-state index contributed by atoms with van der Waals surface area (Å²) in [6.45, 7) is 19.1. The summed E-state index contributed by atoms with van der Waals surface area (Å²) in [5.41, 5.74) is 0.484. The summed E-state index contributed by atoms with van der Waals surface area (Å²) in [6, 6.07) is 0. The summed E-state index contributed by atoms with van der Waals surface area (Å²) in [5.74, 6) is 3.26. The van der Waals surface area contributed by atoms with Gasteiger partial charge in [0.25, 0.3) is 0 Å². The lowest BCUT2D eigenvalue weighted by Crippen LogP contribution is -2.35. The highest BCUT2D eigenvalue weighted by Gasteiger charge is 2.35. The highest BCUT2D eigenvalue weighted by atomic mass is 14.4. The van der Waals surface area contributed by atoms with Crippen molar-refractivity contribution in [1.82, 2.24) is 0 Å². The van der Waals surface area contributed by atoms with E-state index >= 15 is 0 Å². The molecule has 0 spiro atoms. The molecule has 86 valence electrons. The van der Waals surface area contributed by atoms with E-state index in [1.54, 1.807) is 0 Å². The Kier molecular flexibility index (Phi) is 5.19. The quantitative estimate of drug-likeness (QED) is 0.584. The van der Waals surface area contributed by atoms with Crippen LogP contribution < -0.4 is 0 Å². The molecule has 0 aliphatic carbocycles. The molecule has 2 unspecified atom stereocenters. The lowest BCUT2D eigenvalue weighted by atomic mass is 9.63. The Hall–Kier alpha value is 0. The molecule has 0 rings (SSSR count). The molecular formula is C14H30. The summed E-state index contributed by atoms with van der Waals surface area (Å²) in [6.07, 6.45) is 1.28. The van der Waals surface area contributed by atoms with Crippen LogP contribution in [-0.2, 0) is 0 Å². The van der Waals surface area contributed by atoms with Gasteiger partial charge >= 0.3 is 0 Å². The van der Waals surface area contributed by atoms with Crippen molar-refractivity contribution in [3.05, 3.63) is 0 Å². The van der Waals surface area contributed by atoms with Gasteiger partial charge in [-0.2, -0.15) is 0 Å². The van der Waals surface area contributed by atoms with Crippen LogP contribution in [0.3, 0.4) is 0 Å². The van der Waals surface area contributed by atoms with Crippen LogP contribution >= 0.6 is 0 Å². The summed E-state index contributed by atoms with van der Waals surface area (Å²) >= 11 is 0. The summed E-state index contributed by atoms with van der Waals surface area (Å²) < 4.78 is 0. The number of hydrogen-bond donors (Lipinski definition) is 0. The van der Waals surface area contributed by atoms with E-state index in [4.69, 9.17) is 0 Å². The van der Waals surface area contributed by atoms with Gasteiger partial charge in [-0.05, 0) is 29.1 Å². The molecule has 0 saturated heterocycles. The first-order valence-electron chi connectivity index (χ1n) is 6.24. The van der Waals surface area contributed by atoms with Gasteiger partial charge in [-0.3, -0.25) is 0 Å². The number of rotatable bonds is 5. The third-order valence-corrected chi connectivity index (χ3v) is 4.15. The second-order valence-electron chi connectivity index (χ2n) is 6.22. The van der Waals surface area contributed by atoms with Crippen LogP contribution in [0.2, 0.25) is 0 Å². The molecule has 0 aliphatic heterocycles. The Bertz CT molecular complexity index is 153. The van der Waals surface area contributed by atoms with Crippen LogP contribution in [0.1, 0.15) is 61.8 Å². The van der Waals surface area contributed by atoms with Crippen LogP contribution in [0.15, 0.2) is 0 Å². The number of hydrogen-bond acceptors (Lipinski definition) is 0. The highest BCUT2D eigenvalue weighted by molar-refractivity contribution is 4.84. The molecule has 0 aromatic rings. The second kappa shape index (κ2) is 5.19. The van der Waals surface area contributed by atoms with Crippen molar-refractivity contribution < 1.29 is 0 Å². The fourth-order valence-corrected chi connectivity index (χ4v) is 2.87. The lowest BCUT2D eigenvalue weighted by Gasteiger charge is -2.42. The van der Waals surface area contributed by atoms with Crippen molar-refractivity contribution in [2.45, 2.75) is 61.8 Å². The zero-order valence-corrected chi connectivity index (χ0v) is 11.5. The maximum absolute atomic E-state index is 2.43. The van der Waals surface area contributed by atoms with Gasteiger partial charge in [0.2, 0.25) is 0 Å². The molecule has 0 aromatic carbocycles. The molecule has 0 bridgehead atoms. The Morgan fingerprint density at radius 3 is 1.50 bits per heavy atom. The molecule has 0 heteroatoms. The van der Waals surface area contributed by atoms with Gasteiger partial charge in [0.15, 0.2) is 0 Å². The van der Waals surface area contributed by atoms with Gasteiger partial charge in [-0.25, -0.2) is 0 Å². The maximum atomic E-state index is 2.43. The maximum Gasteiger partial charge on any atom is -0.0311 e. The Morgan fingerprint density at radius 2 is 1.29 bits per heavy atom. The molecule has 0 saturated carbocycles. The molecule has 0 nitrogen and oxygen atoms in total. The normalized spacial score (nSPS) is 17.6. The van der Waals surface area contributed by atoms with Crippen molar-refractivity contribution in [3.8, 4) is 0 Å². The molecule has 0 amide bonds. The van der Waals surface area contributed by atoms with E-state index in [0.717, 1.165) is 23.7 Å². The van der Waals surface area contributed by atoms with E-state index in [0.29, 0.717) is 5.41 Å². The zero-order chi connectivity index (χ0) is 11.5. The Labute approximate surface area is 91.5 Å². The van der Waals surface area contributed by atoms with E-state index < -0.39 is 0 Å². The lowest BCUT2D eigenvalue weighted by molar-refractivity contribution is 0.0693. The fourth-order valence-electron chi connectivity index (χ4n) is 2.87. The summed E-state index contributed by atoms with van der Waals surface area (Å²) in [5, 5.41) is 0. The predicted molar refractivity (Wildman–Crippen MR) is 66.4 cm³/mol. The average molecular weight is 198 g/mol. The van der Waals surface area contributed by atoms with E-state index in [1.807, 2.05) is 0 Å². The van der Waals surface area contributed by atoms with Crippen LogP contribution in [0.25, 0.3) is 0 Å². The smallest absolute Gasteiger partial charge is 0.0311 e. The molecule has 0 heterocycles. The van der Waals surface area contributed by atoms with Crippen molar-refractivity contribution >= 4 is 0 Å². The molecule has 2 atom stereocenters. The Morgan fingerprint density at radius 1 is 0.857 bits per heavy atom. The van der Waals surface area contributed by atoms with Crippen LogP contribution in [0.5, 0.6) is 0 Å². The van der Waals surface area contributed by atoms with Gasteiger partial charge in [-0.15, -0.1) is 0 Å². The minimum Gasteiger partial charge on any atom is -0.0649 e. The second-order valence-corrected chi connectivity index (χ2v) is 6.22. The van der Waals surface area contributed by atoms with Crippen LogP contribution in [0, 0.1) is 29.1 Å². The Balaban J connectivity index is 4.77. The van der Waals surface area contributed by atoms with Gasteiger partial charge in [-0.1, -0.05) is 61.8 Å². The predicted octanol–water partition coefficient (Wildman–Crippen LogP) is 4.99. The molecule has 0 fully saturated rings. The van der Waals surface area contributed by atoms with Crippen molar-refractivity contribution in [3.63, 3.8) is 0 Å². The monoisotopic (exact) mass is 198 g/mol.